The average Bonchev–Trinajstić information content (AvgIpc) is 2.63. The molecule has 1 aromatic heterocycles. The molecule has 0 unspecified atom stereocenters. The van der Waals surface area contributed by atoms with Gasteiger partial charge in [-0.1, -0.05) is 29.8 Å². The van der Waals surface area contributed by atoms with Crippen molar-refractivity contribution in [3.63, 3.8) is 0 Å². The van der Waals surface area contributed by atoms with Crippen molar-refractivity contribution in [1.29, 1.82) is 0 Å². The molecule has 0 saturated carbocycles. The molecule has 2 aromatic rings. The smallest absolute Gasteiger partial charge is 0.135 e. The monoisotopic (exact) mass is 296 g/mol. The largest absolute Gasteiger partial charge is 0.388 e. The topological polar surface area (TPSA) is 38.0 Å². The summed E-state index contributed by atoms with van der Waals surface area (Å²) in [6, 6.07) is 6.01. The fraction of sp³-hybridized carbons (Fsp3) is 0.462. The Labute approximate surface area is 110 Å². The van der Waals surface area contributed by atoms with Crippen LogP contribution in [-0.4, -0.2) is 14.7 Å². The number of fused-ring (bicyclic) bond motifs is 1. The molecule has 92 valence electrons. The van der Waals surface area contributed by atoms with Gasteiger partial charge in [-0.3, -0.25) is 0 Å². The third kappa shape index (κ3) is 2.69. The quantitative estimate of drug-likeness (QED) is 0.940. The zero-order valence-corrected chi connectivity index (χ0v) is 11.7. The Morgan fingerprint density at radius 3 is 2.82 bits per heavy atom. The van der Waals surface area contributed by atoms with Crippen LogP contribution in [0.15, 0.2) is 22.7 Å². The van der Waals surface area contributed by atoms with Crippen LogP contribution in [0.5, 0.6) is 0 Å². The van der Waals surface area contributed by atoms with E-state index >= 15 is 0 Å². The molecule has 0 aliphatic heterocycles. The Balaban J connectivity index is 2.45. The molecular weight excluding hydrogens is 280 g/mol. The van der Waals surface area contributed by atoms with E-state index in [4.69, 9.17) is 0 Å². The number of hydrogen-bond donors (Lipinski definition) is 1. The van der Waals surface area contributed by atoms with Gasteiger partial charge < -0.3 is 9.67 Å². The summed E-state index contributed by atoms with van der Waals surface area (Å²) < 4.78 is 3.15. The van der Waals surface area contributed by atoms with Gasteiger partial charge in [0.25, 0.3) is 0 Å². The van der Waals surface area contributed by atoms with Crippen LogP contribution in [0.25, 0.3) is 11.0 Å². The normalized spacial score (nSPS) is 11.6. The number of benzene rings is 1. The average molecular weight is 297 g/mol. The minimum absolute atomic E-state index is 0.00953. The van der Waals surface area contributed by atoms with E-state index in [1.165, 1.54) is 0 Å². The first kappa shape index (κ1) is 12.6. The van der Waals surface area contributed by atoms with Crippen LogP contribution in [0, 0.1) is 5.92 Å². The molecule has 0 saturated heterocycles. The summed E-state index contributed by atoms with van der Waals surface area (Å²) in [5.74, 6) is 1.39. The van der Waals surface area contributed by atoms with Crippen molar-refractivity contribution >= 4 is 27.0 Å². The van der Waals surface area contributed by atoms with Gasteiger partial charge in [-0.15, -0.1) is 0 Å². The standard InChI is InChI=1S/C13H17BrN2O/c1-9(2)5-6-16-12-7-10(14)3-4-11(12)15-13(16)8-17/h3-4,7,9,17H,5-6,8H2,1-2H3. The second-order valence-electron chi connectivity index (χ2n) is 4.65. The molecule has 0 aliphatic carbocycles. The molecule has 0 bridgehead atoms. The first-order valence-electron chi connectivity index (χ1n) is 5.87. The molecule has 1 heterocycles. The van der Waals surface area contributed by atoms with E-state index < -0.39 is 0 Å². The summed E-state index contributed by atoms with van der Waals surface area (Å²) in [4.78, 5) is 4.44. The number of aliphatic hydroxyl groups is 1. The number of halogens is 1. The second-order valence-corrected chi connectivity index (χ2v) is 5.57. The molecule has 0 amide bonds. The van der Waals surface area contributed by atoms with Gasteiger partial charge >= 0.3 is 0 Å². The fourth-order valence-electron chi connectivity index (χ4n) is 1.90. The molecule has 0 aliphatic rings. The molecular formula is C13H17BrN2O. The summed E-state index contributed by atoms with van der Waals surface area (Å²) in [6.45, 7) is 5.30. The second kappa shape index (κ2) is 5.19. The van der Waals surface area contributed by atoms with Crippen LogP contribution in [-0.2, 0) is 13.2 Å². The molecule has 0 fully saturated rings. The number of rotatable bonds is 4. The molecule has 1 N–H and O–H groups in total. The predicted molar refractivity (Wildman–Crippen MR) is 72.8 cm³/mol. The lowest BCUT2D eigenvalue weighted by atomic mass is 10.1. The number of imidazole rings is 1. The molecule has 2 rings (SSSR count). The Kier molecular flexibility index (Phi) is 3.84. The van der Waals surface area contributed by atoms with Crippen LogP contribution in [0.3, 0.4) is 0 Å². The molecule has 4 heteroatoms. The van der Waals surface area contributed by atoms with Crippen LogP contribution >= 0.6 is 15.9 Å². The Bertz CT molecular complexity index is 519. The van der Waals surface area contributed by atoms with Gasteiger partial charge in [0.1, 0.15) is 12.4 Å². The lowest BCUT2D eigenvalue weighted by Gasteiger charge is -2.09. The zero-order valence-electron chi connectivity index (χ0n) is 10.2. The van der Waals surface area contributed by atoms with Crippen LogP contribution < -0.4 is 0 Å². The predicted octanol–water partition coefficient (Wildman–Crippen LogP) is 3.34. The fourth-order valence-corrected chi connectivity index (χ4v) is 2.25. The van der Waals surface area contributed by atoms with E-state index in [1.807, 2.05) is 12.1 Å². The lowest BCUT2D eigenvalue weighted by molar-refractivity contribution is 0.264. The van der Waals surface area contributed by atoms with Gasteiger partial charge in [0.05, 0.1) is 11.0 Å². The van der Waals surface area contributed by atoms with Crippen LogP contribution in [0.2, 0.25) is 0 Å². The minimum atomic E-state index is -0.00953. The first-order valence-corrected chi connectivity index (χ1v) is 6.66. The SMILES string of the molecule is CC(C)CCn1c(CO)nc2ccc(Br)cc21. The third-order valence-electron chi connectivity index (χ3n) is 2.86. The van der Waals surface area contributed by atoms with Gasteiger partial charge in [0, 0.05) is 11.0 Å². The number of nitrogens with zero attached hydrogens (tertiary/aromatic N) is 2. The summed E-state index contributed by atoms with van der Waals surface area (Å²) in [5, 5.41) is 9.36. The number of hydrogen-bond acceptors (Lipinski definition) is 2. The van der Waals surface area contributed by atoms with Crippen molar-refractivity contribution in [2.75, 3.05) is 0 Å². The maximum atomic E-state index is 9.36. The zero-order chi connectivity index (χ0) is 12.4. The Morgan fingerprint density at radius 1 is 1.41 bits per heavy atom. The summed E-state index contributed by atoms with van der Waals surface area (Å²) in [7, 11) is 0. The number of aromatic nitrogens is 2. The van der Waals surface area contributed by atoms with Gasteiger partial charge in [-0.25, -0.2) is 4.98 Å². The Morgan fingerprint density at radius 2 is 2.18 bits per heavy atom. The molecule has 0 atom stereocenters. The highest BCUT2D eigenvalue weighted by Gasteiger charge is 2.10. The van der Waals surface area contributed by atoms with E-state index in [0.29, 0.717) is 5.92 Å². The summed E-state index contributed by atoms with van der Waals surface area (Å²) >= 11 is 3.47. The maximum absolute atomic E-state index is 9.36. The van der Waals surface area contributed by atoms with E-state index in [1.54, 1.807) is 0 Å². The van der Waals surface area contributed by atoms with E-state index in [-0.39, 0.29) is 6.61 Å². The van der Waals surface area contributed by atoms with Crippen molar-refractivity contribution < 1.29 is 5.11 Å². The van der Waals surface area contributed by atoms with Crippen molar-refractivity contribution in [3.8, 4) is 0 Å². The van der Waals surface area contributed by atoms with E-state index in [2.05, 4.69) is 45.4 Å². The highest BCUT2D eigenvalue weighted by Crippen LogP contribution is 2.22. The van der Waals surface area contributed by atoms with Crippen molar-refractivity contribution in [1.82, 2.24) is 9.55 Å². The summed E-state index contributed by atoms with van der Waals surface area (Å²) in [6.07, 6.45) is 1.09. The number of aryl methyl sites for hydroxylation is 1. The van der Waals surface area contributed by atoms with Crippen LogP contribution in [0.4, 0.5) is 0 Å². The highest BCUT2D eigenvalue weighted by molar-refractivity contribution is 9.10. The lowest BCUT2D eigenvalue weighted by Crippen LogP contribution is -2.06. The van der Waals surface area contributed by atoms with Gasteiger partial charge in [-0.2, -0.15) is 0 Å². The van der Waals surface area contributed by atoms with E-state index in [0.717, 1.165) is 34.3 Å². The van der Waals surface area contributed by atoms with E-state index in [9.17, 15) is 5.11 Å². The third-order valence-corrected chi connectivity index (χ3v) is 3.35. The molecule has 1 aromatic carbocycles. The maximum Gasteiger partial charge on any atom is 0.135 e. The molecule has 0 radical (unpaired) electrons. The highest BCUT2D eigenvalue weighted by atomic mass is 79.9. The number of aliphatic hydroxyl groups excluding tert-OH is 1. The first-order chi connectivity index (χ1) is 8.11. The molecule has 3 nitrogen and oxygen atoms in total. The summed E-state index contributed by atoms with van der Waals surface area (Å²) in [5.41, 5.74) is 2.03. The van der Waals surface area contributed by atoms with Crippen molar-refractivity contribution in [2.45, 2.75) is 33.4 Å². The van der Waals surface area contributed by atoms with Crippen molar-refractivity contribution in [2.24, 2.45) is 5.92 Å². The minimum Gasteiger partial charge on any atom is -0.388 e. The van der Waals surface area contributed by atoms with Gasteiger partial charge in [-0.05, 0) is 30.5 Å². The van der Waals surface area contributed by atoms with Crippen LogP contribution in [0.1, 0.15) is 26.1 Å². The van der Waals surface area contributed by atoms with Crippen molar-refractivity contribution in [3.05, 3.63) is 28.5 Å². The van der Waals surface area contributed by atoms with Gasteiger partial charge in [0.15, 0.2) is 0 Å². The molecule has 0 spiro atoms. The molecule has 17 heavy (non-hydrogen) atoms. The van der Waals surface area contributed by atoms with Gasteiger partial charge in [0.2, 0.25) is 0 Å². The Hall–Kier alpha value is -0.870.